The van der Waals surface area contributed by atoms with Crippen molar-refractivity contribution in [3.05, 3.63) is 34.3 Å². The lowest BCUT2D eigenvalue weighted by atomic mass is 9.95. The zero-order valence-electron chi connectivity index (χ0n) is 11.4. The van der Waals surface area contributed by atoms with Gasteiger partial charge in [0, 0.05) is 10.5 Å². The smallest absolute Gasteiger partial charge is 0.240 e. The first kappa shape index (κ1) is 14.5. The highest BCUT2D eigenvalue weighted by molar-refractivity contribution is 9.10. The summed E-state index contributed by atoms with van der Waals surface area (Å²) in [6.45, 7) is 3.86. The third-order valence-corrected chi connectivity index (χ3v) is 4.28. The minimum atomic E-state index is -0.714. The van der Waals surface area contributed by atoms with Crippen LogP contribution in [0.25, 0.3) is 0 Å². The number of carbonyl (C=O) groups is 1. The Morgan fingerprint density at radius 1 is 1.47 bits per heavy atom. The number of halogens is 1. The topological polar surface area (TPSA) is 55.1 Å². The summed E-state index contributed by atoms with van der Waals surface area (Å²) in [5, 5.41) is 3.03. The number of amides is 1. The Balaban J connectivity index is 1.88. The van der Waals surface area contributed by atoms with E-state index in [1.165, 1.54) is 5.56 Å². The molecule has 0 aliphatic heterocycles. The molecule has 0 spiro atoms. The van der Waals surface area contributed by atoms with Gasteiger partial charge >= 0.3 is 0 Å². The first-order valence-electron chi connectivity index (χ1n) is 6.74. The second-order valence-electron chi connectivity index (χ2n) is 5.76. The number of carbonyl (C=O) groups excluding carboxylic acids is 1. The molecular weight excluding hydrogens is 304 g/mol. The molecule has 2 atom stereocenters. The third kappa shape index (κ3) is 3.80. The van der Waals surface area contributed by atoms with Crippen molar-refractivity contribution in [1.82, 2.24) is 5.32 Å². The summed E-state index contributed by atoms with van der Waals surface area (Å²) in [6, 6.07) is 8.25. The summed E-state index contributed by atoms with van der Waals surface area (Å²) in [7, 11) is 0. The molecule has 1 aromatic rings. The Labute approximate surface area is 123 Å². The number of rotatable bonds is 5. The molecule has 1 aromatic carbocycles. The van der Waals surface area contributed by atoms with Crippen LogP contribution >= 0.6 is 15.9 Å². The van der Waals surface area contributed by atoms with Crippen LogP contribution in [0.4, 0.5) is 0 Å². The van der Waals surface area contributed by atoms with E-state index in [0.29, 0.717) is 5.92 Å². The summed E-state index contributed by atoms with van der Waals surface area (Å²) >= 11 is 3.41. The number of benzene rings is 1. The molecule has 3 nitrogen and oxygen atoms in total. The summed E-state index contributed by atoms with van der Waals surface area (Å²) in [4.78, 5) is 12.2. The molecule has 1 aliphatic carbocycles. The van der Waals surface area contributed by atoms with Gasteiger partial charge in [0.25, 0.3) is 0 Å². The minimum Gasteiger partial charge on any atom is -0.352 e. The van der Waals surface area contributed by atoms with Gasteiger partial charge in [-0.15, -0.1) is 0 Å². The fourth-order valence-corrected chi connectivity index (χ4v) is 2.54. The Hall–Kier alpha value is -0.870. The molecule has 0 bridgehead atoms. The lowest BCUT2D eigenvalue weighted by Gasteiger charge is -2.25. The van der Waals surface area contributed by atoms with Crippen LogP contribution in [0.3, 0.4) is 0 Å². The van der Waals surface area contributed by atoms with Gasteiger partial charge in [0.05, 0.1) is 5.54 Å². The average Bonchev–Trinajstić information content (AvgIpc) is 3.16. The van der Waals surface area contributed by atoms with E-state index in [4.69, 9.17) is 5.73 Å². The number of nitrogens with one attached hydrogen (secondary N) is 1. The van der Waals surface area contributed by atoms with E-state index in [-0.39, 0.29) is 11.9 Å². The molecule has 104 valence electrons. The van der Waals surface area contributed by atoms with Gasteiger partial charge in [0.15, 0.2) is 0 Å². The second-order valence-corrected chi connectivity index (χ2v) is 6.68. The fraction of sp³-hybridized carbons (Fsp3) is 0.533. The third-order valence-electron chi connectivity index (χ3n) is 3.75. The van der Waals surface area contributed by atoms with Crippen molar-refractivity contribution in [2.75, 3.05) is 0 Å². The molecule has 4 heteroatoms. The van der Waals surface area contributed by atoms with Gasteiger partial charge < -0.3 is 11.1 Å². The van der Waals surface area contributed by atoms with Gasteiger partial charge in [-0.3, -0.25) is 4.79 Å². The number of hydrogen-bond acceptors (Lipinski definition) is 2. The summed E-state index contributed by atoms with van der Waals surface area (Å²) < 4.78 is 1.07. The predicted molar refractivity (Wildman–Crippen MR) is 80.8 cm³/mol. The number of hydrogen-bond donors (Lipinski definition) is 2. The summed E-state index contributed by atoms with van der Waals surface area (Å²) in [6.07, 6.45) is 2.96. The van der Waals surface area contributed by atoms with Crippen LogP contribution in [0.2, 0.25) is 0 Å². The first-order valence-corrected chi connectivity index (χ1v) is 7.53. The maximum absolute atomic E-state index is 12.2. The van der Waals surface area contributed by atoms with Crippen molar-refractivity contribution in [1.29, 1.82) is 0 Å². The minimum absolute atomic E-state index is 0.0281. The van der Waals surface area contributed by atoms with Crippen molar-refractivity contribution in [3.63, 3.8) is 0 Å². The Kier molecular flexibility index (Phi) is 4.31. The van der Waals surface area contributed by atoms with Gasteiger partial charge in [0.1, 0.15) is 0 Å². The van der Waals surface area contributed by atoms with Crippen LogP contribution in [-0.2, 0) is 11.2 Å². The highest BCUT2D eigenvalue weighted by atomic mass is 79.9. The molecular formula is C15H21BrN2O. The van der Waals surface area contributed by atoms with Crippen LogP contribution in [0, 0.1) is 5.92 Å². The maximum atomic E-state index is 12.2. The van der Waals surface area contributed by atoms with Gasteiger partial charge in [0.2, 0.25) is 5.91 Å². The highest BCUT2D eigenvalue weighted by Gasteiger charge is 2.44. The fourth-order valence-electron chi connectivity index (χ4n) is 2.27. The lowest BCUT2D eigenvalue weighted by molar-refractivity contribution is -0.127. The van der Waals surface area contributed by atoms with E-state index >= 15 is 0 Å². The van der Waals surface area contributed by atoms with E-state index in [1.54, 1.807) is 0 Å². The zero-order chi connectivity index (χ0) is 14.0. The van der Waals surface area contributed by atoms with Crippen molar-refractivity contribution >= 4 is 21.8 Å². The average molecular weight is 325 g/mol. The van der Waals surface area contributed by atoms with Crippen LogP contribution in [0.15, 0.2) is 28.7 Å². The molecule has 3 N–H and O–H groups in total. The Morgan fingerprint density at radius 2 is 2.05 bits per heavy atom. The summed E-state index contributed by atoms with van der Waals surface area (Å²) in [5.41, 5.74) is 6.60. The van der Waals surface area contributed by atoms with Gasteiger partial charge in [-0.05, 0) is 56.7 Å². The molecule has 0 aromatic heterocycles. The Morgan fingerprint density at radius 3 is 2.58 bits per heavy atom. The largest absolute Gasteiger partial charge is 0.352 e. The van der Waals surface area contributed by atoms with E-state index in [9.17, 15) is 4.79 Å². The van der Waals surface area contributed by atoms with Crippen molar-refractivity contribution < 1.29 is 4.79 Å². The summed E-state index contributed by atoms with van der Waals surface area (Å²) in [5.74, 6) is 0.326. The lowest BCUT2D eigenvalue weighted by Crippen LogP contribution is -2.55. The predicted octanol–water partition coefficient (Wildman–Crippen LogP) is 2.62. The molecule has 0 heterocycles. The molecule has 2 rings (SSSR count). The van der Waals surface area contributed by atoms with Crippen molar-refractivity contribution in [2.24, 2.45) is 11.7 Å². The van der Waals surface area contributed by atoms with Gasteiger partial charge in [-0.1, -0.05) is 28.1 Å². The quantitative estimate of drug-likeness (QED) is 0.874. The van der Waals surface area contributed by atoms with Crippen molar-refractivity contribution in [3.8, 4) is 0 Å². The molecule has 2 unspecified atom stereocenters. The van der Waals surface area contributed by atoms with E-state index in [2.05, 4.69) is 33.4 Å². The van der Waals surface area contributed by atoms with Crippen LogP contribution in [0.1, 0.15) is 32.3 Å². The van der Waals surface area contributed by atoms with Gasteiger partial charge in [-0.25, -0.2) is 0 Å². The molecule has 1 amide bonds. The van der Waals surface area contributed by atoms with Gasteiger partial charge in [-0.2, -0.15) is 0 Å². The molecule has 0 saturated heterocycles. The molecule has 0 radical (unpaired) electrons. The molecule has 1 fully saturated rings. The van der Waals surface area contributed by atoms with Crippen molar-refractivity contribution in [2.45, 2.75) is 44.7 Å². The number of nitrogens with two attached hydrogens (primary N) is 1. The normalized spacial score (nSPS) is 19.6. The highest BCUT2D eigenvalue weighted by Crippen LogP contribution is 2.38. The standard InChI is InChI=1S/C15H21BrN2O/c1-10(9-11-3-7-13(16)8-4-11)18-14(19)15(2,17)12-5-6-12/h3-4,7-8,10,12H,5-6,9,17H2,1-2H3,(H,18,19). The first-order chi connectivity index (χ1) is 8.89. The van der Waals surface area contributed by atoms with Crippen LogP contribution < -0.4 is 11.1 Å². The van der Waals surface area contributed by atoms with E-state index in [0.717, 1.165) is 23.7 Å². The van der Waals surface area contributed by atoms with Crippen LogP contribution in [0.5, 0.6) is 0 Å². The van der Waals surface area contributed by atoms with E-state index in [1.807, 2.05) is 26.0 Å². The monoisotopic (exact) mass is 324 g/mol. The second kappa shape index (κ2) is 5.63. The zero-order valence-corrected chi connectivity index (χ0v) is 13.0. The Bertz CT molecular complexity index is 452. The SMILES string of the molecule is CC(Cc1ccc(Br)cc1)NC(=O)C(C)(N)C1CC1. The van der Waals surface area contributed by atoms with Crippen LogP contribution in [-0.4, -0.2) is 17.5 Å². The maximum Gasteiger partial charge on any atom is 0.240 e. The van der Waals surface area contributed by atoms with E-state index < -0.39 is 5.54 Å². The molecule has 1 aliphatic rings. The molecule has 19 heavy (non-hydrogen) atoms. The molecule has 1 saturated carbocycles.